The summed E-state index contributed by atoms with van der Waals surface area (Å²) in [7, 11) is -3.19. The topological polar surface area (TPSA) is 44.8 Å². The van der Waals surface area contributed by atoms with Crippen molar-refractivity contribution in [3.8, 4) is 0 Å². The van der Waals surface area contributed by atoms with Crippen molar-refractivity contribution >= 4 is 7.82 Å². The summed E-state index contributed by atoms with van der Waals surface area (Å²) in [6.45, 7) is 6.92. The van der Waals surface area contributed by atoms with Gasteiger partial charge in [0.1, 0.15) is 0 Å². The van der Waals surface area contributed by atoms with Gasteiger partial charge in [0.15, 0.2) is 0 Å². The van der Waals surface area contributed by atoms with E-state index in [1.807, 2.05) is 13.8 Å². The molecule has 1 heterocycles. The zero-order chi connectivity index (χ0) is 9.24. The molecule has 1 rings (SSSR count). The lowest BCUT2D eigenvalue weighted by atomic mass is 9.97. The van der Waals surface area contributed by atoms with Gasteiger partial charge in [-0.1, -0.05) is 13.8 Å². The summed E-state index contributed by atoms with van der Waals surface area (Å²) in [5, 5.41) is 0. The molecule has 0 radical (unpaired) electrons. The van der Waals surface area contributed by atoms with Crippen LogP contribution in [-0.4, -0.2) is 19.8 Å². The fourth-order valence-electron chi connectivity index (χ4n) is 0.819. The van der Waals surface area contributed by atoms with Crippen LogP contribution in [0.1, 0.15) is 20.8 Å². The van der Waals surface area contributed by atoms with Crippen LogP contribution < -0.4 is 0 Å². The summed E-state index contributed by atoms with van der Waals surface area (Å²) < 4.78 is 26.4. The van der Waals surface area contributed by atoms with E-state index < -0.39 is 7.82 Å². The number of phosphoric ester groups is 1. The van der Waals surface area contributed by atoms with Crippen LogP contribution in [0, 0.1) is 5.41 Å². The van der Waals surface area contributed by atoms with Gasteiger partial charge < -0.3 is 0 Å². The zero-order valence-electron chi connectivity index (χ0n) is 7.70. The first-order valence-electron chi connectivity index (χ1n) is 4.01. The molecule has 4 nitrogen and oxygen atoms in total. The molecule has 0 unspecified atom stereocenters. The molecule has 1 aliphatic heterocycles. The van der Waals surface area contributed by atoms with Crippen molar-refractivity contribution in [2.24, 2.45) is 5.41 Å². The molecule has 12 heavy (non-hydrogen) atoms. The molecule has 5 heteroatoms. The van der Waals surface area contributed by atoms with Crippen molar-refractivity contribution in [2.45, 2.75) is 20.8 Å². The largest absolute Gasteiger partial charge is 0.474 e. The monoisotopic (exact) mass is 194 g/mol. The van der Waals surface area contributed by atoms with Gasteiger partial charge in [0.05, 0.1) is 19.8 Å². The molecule has 0 aromatic carbocycles. The highest BCUT2D eigenvalue weighted by Gasteiger charge is 2.37. The van der Waals surface area contributed by atoms with E-state index in [-0.39, 0.29) is 5.41 Å². The second kappa shape index (κ2) is 3.46. The van der Waals surface area contributed by atoms with Crippen molar-refractivity contribution in [3.63, 3.8) is 0 Å². The van der Waals surface area contributed by atoms with E-state index in [2.05, 4.69) is 0 Å². The van der Waals surface area contributed by atoms with Crippen LogP contribution in [0.3, 0.4) is 0 Å². The third-order valence-electron chi connectivity index (χ3n) is 1.51. The van der Waals surface area contributed by atoms with E-state index in [9.17, 15) is 4.57 Å². The number of phosphoric acid groups is 1. The van der Waals surface area contributed by atoms with Crippen molar-refractivity contribution in [1.82, 2.24) is 0 Å². The third-order valence-corrected chi connectivity index (χ3v) is 2.98. The number of rotatable bonds is 2. The second-order valence-electron chi connectivity index (χ2n) is 3.58. The van der Waals surface area contributed by atoms with E-state index in [1.54, 1.807) is 6.92 Å². The third kappa shape index (κ3) is 2.56. The highest BCUT2D eigenvalue weighted by atomic mass is 31.2. The minimum absolute atomic E-state index is 0.0645. The molecule has 0 amide bonds. The van der Waals surface area contributed by atoms with Crippen molar-refractivity contribution < 1.29 is 18.1 Å². The minimum atomic E-state index is -3.19. The molecule has 1 saturated heterocycles. The summed E-state index contributed by atoms with van der Waals surface area (Å²) in [6, 6.07) is 0. The van der Waals surface area contributed by atoms with Gasteiger partial charge in [-0.05, 0) is 6.92 Å². The molecular formula is C7H15O4P. The molecule has 1 fully saturated rings. The van der Waals surface area contributed by atoms with Gasteiger partial charge in [-0.15, -0.1) is 0 Å². The highest BCUT2D eigenvalue weighted by Crippen LogP contribution is 2.54. The van der Waals surface area contributed by atoms with E-state index in [1.165, 1.54) is 0 Å². The molecule has 1 aliphatic rings. The van der Waals surface area contributed by atoms with Gasteiger partial charge in [-0.2, -0.15) is 0 Å². The Kier molecular flexibility index (Phi) is 2.94. The van der Waals surface area contributed by atoms with Gasteiger partial charge in [-0.25, -0.2) is 4.57 Å². The smallest absolute Gasteiger partial charge is 0.287 e. The van der Waals surface area contributed by atoms with Crippen molar-refractivity contribution in [3.05, 3.63) is 0 Å². The molecule has 0 aromatic heterocycles. The Labute approximate surface area is 72.8 Å². The van der Waals surface area contributed by atoms with Crippen LogP contribution in [-0.2, 0) is 18.1 Å². The Morgan fingerprint density at radius 3 is 2.33 bits per heavy atom. The Hall–Kier alpha value is 0.110. The number of hydrogen-bond donors (Lipinski definition) is 0. The molecular weight excluding hydrogens is 179 g/mol. The Morgan fingerprint density at radius 2 is 1.92 bits per heavy atom. The maximum Gasteiger partial charge on any atom is 0.474 e. The predicted molar refractivity (Wildman–Crippen MR) is 44.9 cm³/mol. The van der Waals surface area contributed by atoms with Crippen LogP contribution in [0.5, 0.6) is 0 Å². The first-order chi connectivity index (χ1) is 5.47. The maximum atomic E-state index is 11.5. The average molecular weight is 194 g/mol. The normalized spacial score (nSPS) is 26.9. The number of hydrogen-bond acceptors (Lipinski definition) is 4. The van der Waals surface area contributed by atoms with Crippen LogP contribution in [0.15, 0.2) is 0 Å². The van der Waals surface area contributed by atoms with Crippen molar-refractivity contribution in [2.75, 3.05) is 19.8 Å². The first-order valence-corrected chi connectivity index (χ1v) is 5.47. The predicted octanol–water partition coefficient (Wildman–Crippen LogP) is 2.20. The summed E-state index contributed by atoms with van der Waals surface area (Å²) >= 11 is 0. The fraction of sp³-hybridized carbons (Fsp3) is 1.00. The molecule has 0 aliphatic carbocycles. The quantitative estimate of drug-likeness (QED) is 0.632. The van der Waals surface area contributed by atoms with E-state index in [0.717, 1.165) is 0 Å². The summed E-state index contributed by atoms with van der Waals surface area (Å²) in [5.41, 5.74) is -0.0645. The molecule has 0 atom stereocenters. The lowest BCUT2D eigenvalue weighted by molar-refractivity contribution is 0.00276. The SMILES string of the molecule is CCOP1(=O)OCC(C)(C)CO1. The Balaban J connectivity index is 2.50. The van der Waals surface area contributed by atoms with Gasteiger partial charge in [0.2, 0.25) is 0 Å². The molecule has 0 N–H and O–H groups in total. The maximum absolute atomic E-state index is 11.5. The highest BCUT2D eigenvalue weighted by molar-refractivity contribution is 7.48. The van der Waals surface area contributed by atoms with Crippen LogP contribution >= 0.6 is 7.82 Å². The lowest BCUT2D eigenvalue weighted by Crippen LogP contribution is -2.29. The zero-order valence-corrected chi connectivity index (χ0v) is 8.60. The summed E-state index contributed by atoms with van der Waals surface area (Å²) in [5.74, 6) is 0. The van der Waals surface area contributed by atoms with Gasteiger partial charge in [-0.3, -0.25) is 13.6 Å². The van der Waals surface area contributed by atoms with Gasteiger partial charge in [0.25, 0.3) is 0 Å². The summed E-state index contributed by atoms with van der Waals surface area (Å²) in [4.78, 5) is 0. The molecule has 0 spiro atoms. The second-order valence-corrected chi connectivity index (χ2v) is 5.25. The first kappa shape index (κ1) is 10.2. The molecule has 0 aromatic rings. The average Bonchev–Trinajstić information content (AvgIpc) is 1.98. The molecule has 72 valence electrons. The van der Waals surface area contributed by atoms with Gasteiger partial charge >= 0.3 is 7.82 Å². The van der Waals surface area contributed by atoms with Gasteiger partial charge in [0, 0.05) is 5.41 Å². The van der Waals surface area contributed by atoms with E-state index in [0.29, 0.717) is 19.8 Å². The van der Waals surface area contributed by atoms with Crippen LogP contribution in [0.4, 0.5) is 0 Å². The fourth-order valence-corrected chi connectivity index (χ4v) is 2.37. The lowest BCUT2D eigenvalue weighted by Gasteiger charge is -2.32. The van der Waals surface area contributed by atoms with Crippen LogP contribution in [0.25, 0.3) is 0 Å². The van der Waals surface area contributed by atoms with Crippen LogP contribution in [0.2, 0.25) is 0 Å². The Morgan fingerprint density at radius 1 is 1.42 bits per heavy atom. The Bertz CT molecular complexity index is 188. The van der Waals surface area contributed by atoms with Crippen molar-refractivity contribution in [1.29, 1.82) is 0 Å². The van der Waals surface area contributed by atoms with E-state index in [4.69, 9.17) is 13.6 Å². The standard InChI is InChI=1S/C7H15O4P/c1-4-9-12(8)10-5-7(2,3)6-11-12/h4-6H2,1-3H3. The minimum Gasteiger partial charge on any atom is -0.287 e. The molecule has 0 saturated carbocycles. The molecule has 0 bridgehead atoms. The summed E-state index contributed by atoms with van der Waals surface area (Å²) in [6.07, 6.45) is 0. The van der Waals surface area contributed by atoms with E-state index >= 15 is 0 Å².